The van der Waals surface area contributed by atoms with Crippen molar-refractivity contribution in [1.29, 1.82) is 0 Å². The number of carboxylic acid groups (broad SMARTS) is 1. The molecule has 0 radical (unpaired) electrons. The van der Waals surface area contributed by atoms with E-state index in [-0.39, 0.29) is 0 Å². The molecule has 0 aromatic heterocycles. The second-order valence-corrected chi connectivity index (χ2v) is 7.00. The third-order valence-electron chi connectivity index (χ3n) is 4.08. The van der Waals surface area contributed by atoms with Crippen LogP contribution in [0.5, 0.6) is 0 Å². The van der Waals surface area contributed by atoms with E-state index < -0.39 is 11.5 Å². The van der Waals surface area contributed by atoms with Gasteiger partial charge in [-0.15, -0.1) is 0 Å². The Hall–Kier alpha value is -0.220. The molecule has 0 spiro atoms. The molecule has 112 valence electrons. The zero-order valence-electron chi connectivity index (χ0n) is 12.4. The molecule has 1 aliphatic rings. The Kier molecular flexibility index (Phi) is 7.84. The summed E-state index contributed by atoms with van der Waals surface area (Å²) in [6.07, 6.45) is 8.53. The van der Waals surface area contributed by atoms with E-state index in [9.17, 15) is 9.90 Å². The van der Waals surface area contributed by atoms with Gasteiger partial charge < -0.3 is 10.4 Å². The fourth-order valence-corrected chi connectivity index (χ4v) is 4.01. The molecule has 0 amide bonds. The minimum absolute atomic E-state index is 0.708. The first kappa shape index (κ1) is 16.8. The van der Waals surface area contributed by atoms with Gasteiger partial charge in [-0.2, -0.15) is 11.8 Å². The van der Waals surface area contributed by atoms with Crippen molar-refractivity contribution >= 4 is 17.7 Å². The molecule has 1 rings (SSSR count). The van der Waals surface area contributed by atoms with E-state index in [1.165, 1.54) is 37.2 Å². The summed E-state index contributed by atoms with van der Waals surface area (Å²) in [5, 5.41) is 12.3. The number of likely N-dealkylation sites (N-methyl/N-ethyl adjacent to an activating group) is 1. The molecule has 1 aliphatic carbocycles. The largest absolute Gasteiger partial charge is 0.480 e. The van der Waals surface area contributed by atoms with Crippen LogP contribution in [0.1, 0.15) is 58.8 Å². The normalized spacial score (nSPS) is 19.5. The molecular weight excluding hydrogens is 258 g/mol. The van der Waals surface area contributed by atoms with Crippen molar-refractivity contribution in [2.24, 2.45) is 5.92 Å². The van der Waals surface area contributed by atoms with Gasteiger partial charge in [-0.25, -0.2) is 0 Å². The fraction of sp³-hybridized carbons (Fsp3) is 0.933. The van der Waals surface area contributed by atoms with Gasteiger partial charge in [0.2, 0.25) is 0 Å². The molecule has 0 aromatic rings. The smallest absolute Gasteiger partial charge is 0.323 e. The molecule has 1 saturated carbocycles. The monoisotopic (exact) mass is 287 g/mol. The first-order valence-corrected chi connectivity index (χ1v) is 8.80. The van der Waals surface area contributed by atoms with E-state index in [0.717, 1.165) is 25.2 Å². The van der Waals surface area contributed by atoms with Gasteiger partial charge in [-0.3, -0.25) is 4.79 Å². The van der Waals surface area contributed by atoms with Crippen molar-refractivity contribution in [3.05, 3.63) is 0 Å². The number of unbranched alkanes of at least 4 members (excludes halogenated alkanes) is 1. The maximum absolute atomic E-state index is 11.2. The number of thioether (sulfide) groups is 1. The van der Waals surface area contributed by atoms with Crippen molar-refractivity contribution in [2.75, 3.05) is 18.1 Å². The number of aliphatic carboxylic acids is 1. The Balaban J connectivity index is 2.06. The van der Waals surface area contributed by atoms with E-state index in [1.807, 2.05) is 6.92 Å². The molecular formula is C15H29NO2S. The Bertz CT molecular complexity index is 267. The van der Waals surface area contributed by atoms with Crippen molar-refractivity contribution < 1.29 is 9.90 Å². The van der Waals surface area contributed by atoms with Gasteiger partial charge in [-0.05, 0) is 56.6 Å². The van der Waals surface area contributed by atoms with Crippen molar-refractivity contribution in [3.63, 3.8) is 0 Å². The van der Waals surface area contributed by atoms with Crippen LogP contribution in [-0.4, -0.2) is 34.7 Å². The lowest BCUT2D eigenvalue weighted by Crippen LogP contribution is -2.49. The number of hydrogen-bond acceptors (Lipinski definition) is 3. The van der Waals surface area contributed by atoms with Gasteiger partial charge in [0.15, 0.2) is 0 Å². The highest BCUT2D eigenvalue weighted by molar-refractivity contribution is 7.99. The van der Waals surface area contributed by atoms with Gasteiger partial charge in [0, 0.05) is 0 Å². The van der Waals surface area contributed by atoms with Gasteiger partial charge in [0.05, 0.1) is 0 Å². The van der Waals surface area contributed by atoms with Gasteiger partial charge in [0.1, 0.15) is 5.54 Å². The summed E-state index contributed by atoms with van der Waals surface area (Å²) in [6.45, 7) is 4.46. The van der Waals surface area contributed by atoms with E-state index in [4.69, 9.17) is 0 Å². The second kappa shape index (κ2) is 8.85. The predicted octanol–water partition coefficient (Wildman–Crippen LogP) is 3.53. The lowest BCUT2D eigenvalue weighted by molar-refractivity contribution is -0.144. The van der Waals surface area contributed by atoms with Crippen LogP contribution in [0.25, 0.3) is 0 Å². The van der Waals surface area contributed by atoms with Crippen LogP contribution in [0.4, 0.5) is 0 Å². The molecule has 0 heterocycles. The van der Waals surface area contributed by atoms with Gasteiger partial charge in [0.25, 0.3) is 0 Å². The topological polar surface area (TPSA) is 49.3 Å². The van der Waals surface area contributed by atoms with Gasteiger partial charge >= 0.3 is 5.97 Å². The van der Waals surface area contributed by atoms with Crippen molar-refractivity contribution in [2.45, 2.75) is 64.3 Å². The Labute approximate surface area is 121 Å². The predicted molar refractivity (Wildman–Crippen MR) is 82.9 cm³/mol. The molecule has 1 atom stereocenters. The van der Waals surface area contributed by atoms with E-state index in [1.54, 1.807) is 6.92 Å². The van der Waals surface area contributed by atoms with E-state index >= 15 is 0 Å². The lowest BCUT2D eigenvalue weighted by Gasteiger charge is -2.25. The highest BCUT2D eigenvalue weighted by atomic mass is 32.2. The number of carboxylic acids is 1. The highest BCUT2D eigenvalue weighted by Crippen LogP contribution is 2.28. The molecule has 0 aliphatic heterocycles. The first-order chi connectivity index (χ1) is 9.08. The standard InChI is InChI=1S/C15H29NO2S/c1-3-16-15(2,14(17)18)10-6-7-11-19-12-13-8-4-5-9-13/h13,16H,3-12H2,1-2H3,(H,17,18). The van der Waals surface area contributed by atoms with Crippen LogP contribution < -0.4 is 5.32 Å². The van der Waals surface area contributed by atoms with Crippen LogP contribution in [-0.2, 0) is 4.79 Å². The molecule has 1 unspecified atom stereocenters. The number of carbonyl (C=O) groups is 1. The molecule has 0 bridgehead atoms. The quantitative estimate of drug-likeness (QED) is 0.603. The highest BCUT2D eigenvalue weighted by Gasteiger charge is 2.30. The average molecular weight is 287 g/mol. The molecule has 19 heavy (non-hydrogen) atoms. The fourth-order valence-electron chi connectivity index (χ4n) is 2.77. The lowest BCUT2D eigenvalue weighted by atomic mass is 9.95. The van der Waals surface area contributed by atoms with Crippen LogP contribution in [0, 0.1) is 5.92 Å². The minimum Gasteiger partial charge on any atom is -0.480 e. The summed E-state index contributed by atoms with van der Waals surface area (Å²) in [7, 11) is 0. The summed E-state index contributed by atoms with van der Waals surface area (Å²) in [5.74, 6) is 2.71. The van der Waals surface area contributed by atoms with Crippen molar-refractivity contribution in [3.8, 4) is 0 Å². The number of hydrogen-bond donors (Lipinski definition) is 2. The summed E-state index contributed by atoms with van der Waals surface area (Å²) in [5.41, 5.74) is -0.745. The number of nitrogens with one attached hydrogen (secondary N) is 1. The maximum Gasteiger partial charge on any atom is 0.323 e. The third-order valence-corrected chi connectivity index (χ3v) is 5.37. The average Bonchev–Trinajstić information content (AvgIpc) is 2.86. The van der Waals surface area contributed by atoms with Gasteiger partial charge in [-0.1, -0.05) is 26.2 Å². The molecule has 0 aromatic carbocycles. The number of rotatable bonds is 10. The summed E-state index contributed by atoms with van der Waals surface area (Å²) in [4.78, 5) is 11.2. The molecule has 0 saturated heterocycles. The molecule has 4 heteroatoms. The first-order valence-electron chi connectivity index (χ1n) is 7.64. The molecule has 1 fully saturated rings. The second-order valence-electron chi connectivity index (χ2n) is 5.85. The summed E-state index contributed by atoms with van der Waals surface area (Å²) in [6, 6.07) is 0. The third kappa shape index (κ3) is 6.17. The van der Waals surface area contributed by atoms with Crippen LogP contribution >= 0.6 is 11.8 Å². The summed E-state index contributed by atoms with van der Waals surface area (Å²) < 4.78 is 0. The van der Waals surface area contributed by atoms with E-state index in [2.05, 4.69) is 17.1 Å². The van der Waals surface area contributed by atoms with Crippen molar-refractivity contribution in [1.82, 2.24) is 5.32 Å². The minimum atomic E-state index is -0.745. The Morgan fingerprint density at radius 1 is 1.37 bits per heavy atom. The van der Waals surface area contributed by atoms with Crippen LogP contribution in [0.3, 0.4) is 0 Å². The summed E-state index contributed by atoms with van der Waals surface area (Å²) >= 11 is 2.06. The van der Waals surface area contributed by atoms with Crippen LogP contribution in [0.2, 0.25) is 0 Å². The zero-order valence-corrected chi connectivity index (χ0v) is 13.2. The Morgan fingerprint density at radius 2 is 2.05 bits per heavy atom. The SMILES string of the molecule is CCNC(C)(CCCCSCC1CCCC1)C(=O)O. The Morgan fingerprint density at radius 3 is 2.63 bits per heavy atom. The van der Waals surface area contributed by atoms with E-state index in [0.29, 0.717) is 6.54 Å². The van der Waals surface area contributed by atoms with Crippen LogP contribution in [0.15, 0.2) is 0 Å². The molecule has 2 N–H and O–H groups in total. The zero-order chi connectivity index (χ0) is 14.1. The molecule has 3 nitrogen and oxygen atoms in total. The maximum atomic E-state index is 11.2.